The first-order chi connectivity index (χ1) is 8.15. The first-order valence-electron chi connectivity index (χ1n) is 4.31. The molecule has 0 saturated carbocycles. The predicted octanol–water partition coefficient (Wildman–Crippen LogP) is 2.48. The maximum atomic E-state index is 11.8. The summed E-state index contributed by atoms with van der Waals surface area (Å²) in [6, 6.07) is 4.55. The molecule has 0 N–H and O–H groups in total. The largest absolute Gasteiger partial charge is 0.413 e. The van der Waals surface area contributed by atoms with E-state index >= 15 is 0 Å². The first-order valence-corrected chi connectivity index (χ1v) is 6.10. The second-order valence-electron chi connectivity index (χ2n) is 3.08. The van der Waals surface area contributed by atoms with Crippen LogP contribution in [0, 0.1) is 11.3 Å². The Bertz CT molecular complexity index is 592. The van der Waals surface area contributed by atoms with E-state index in [4.69, 9.17) is 16.9 Å². The third-order valence-electron chi connectivity index (χ3n) is 1.73. The minimum absolute atomic E-state index is 0.00596. The number of hydrogen-bond acceptors (Lipinski definition) is 4. The average molecular weight is 300 g/mol. The molecule has 0 amide bonds. The van der Waals surface area contributed by atoms with Gasteiger partial charge < -0.3 is 0 Å². The van der Waals surface area contributed by atoms with E-state index in [1.807, 2.05) is 0 Å². The topological polar surface area (TPSA) is 67.2 Å². The summed E-state index contributed by atoms with van der Waals surface area (Å²) in [5.74, 6) is 0. The lowest BCUT2D eigenvalue weighted by molar-refractivity contribution is -0.152. The molecule has 0 fully saturated rings. The van der Waals surface area contributed by atoms with Gasteiger partial charge in [0.05, 0.1) is 15.5 Å². The van der Waals surface area contributed by atoms with Crippen LogP contribution in [-0.2, 0) is 14.3 Å². The summed E-state index contributed by atoms with van der Waals surface area (Å²) in [6.07, 6.45) is -4.76. The lowest BCUT2D eigenvalue weighted by Gasteiger charge is -2.08. The molecule has 0 aliphatic carbocycles. The monoisotopic (exact) mass is 299 g/mol. The van der Waals surface area contributed by atoms with Gasteiger partial charge in [-0.2, -0.15) is 26.9 Å². The van der Waals surface area contributed by atoms with E-state index in [9.17, 15) is 21.6 Å². The number of nitrogens with zero attached hydrogens (tertiary/aromatic N) is 1. The molecule has 18 heavy (non-hydrogen) atoms. The first kappa shape index (κ1) is 14.8. The number of halogens is 4. The number of benzene rings is 1. The molecule has 0 radical (unpaired) electrons. The molecule has 0 heterocycles. The molecule has 0 aliphatic rings. The highest BCUT2D eigenvalue weighted by molar-refractivity contribution is 7.86. The zero-order valence-electron chi connectivity index (χ0n) is 8.53. The normalized spacial score (nSPS) is 12.2. The SMILES string of the molecule is N#Cc1ccc(S(=O)(=O)OCC(F)(F)F)cc1Cl. The van der Waals surface area contributed by atoms with Crippen molar-refractivity contribution in [1.29, 1.82) is 5.26 Å². The maximum absolute atomic E-state index is 11.8. The molecule has 0 spiro atoms. The highest BCUT2D eigenvalue weighted by atomic mass is 35.5. The third-order valence-corrected chi connectivity index (χ3v) is 3.30. The number of alkyl halides is 3. The van der Waals surface area contributed by atoms with Crippen LogP contribution in [0.3, 0.4) is 0 Å². The van der Waals surface area contributed by atoms with E-state index in [0.29, 0.717) is 0 Å². The van der Waals surface area contributed by atoms with Crippen molar-refractivity contribution >= 4 is 21.7 Å². The molecule has 1 rings (SSSR count). The van der Waals surface area contributed by atoms with Crippen molar-refractivity contribution < 1.29 is 25.8 Å². The lowest BCUT2D eigenvalue weighted by atomic mass is 10.2. The van der Waals surface area contributed by atoms with Gasteiger partial charge >= 0.3 is 6.18 Å². The number of nitriles is 1. The maximum Gasteiger partial charge on any atom is 0.413 e. The molecule has 9 heteroatoms. The van der Waals surface area contributed by atoms with Crippen LogP contribution in [0.15, 0.2) is 23.1 Å². The molecule has 0 bridgehead atoms. The van der Waals surface area contributed by atoms with Crippen LogP contribution in [0.2, 0.25) is 5.02 Å². The fraction of sp³-hybridized carbons (Fsp3) is 0.222. The van der Waals surface area contributed by atoms with Gasteiger partial charge in [-0.05, 0) is 18.2 Å². The van der Waals surface area contributed by atoms with Crippen molar-refractivity contribution in [3.8, 4) is 6.07 Å². The van der Waals surface area contributed by atoms with Crippen LogP contribution < -0.4 is 0 Å². The second kappa shape index (κ2) is 5.14. The second-order valence-corrected chi connectivity index (χ2v) is 5.11. The highest BCUT2D eigenvalue weighted by Crippen LogP contribution is 2.23. The Morgan fingerprint density at radius 3 is 2.44 bits per heavy atom. The minimum atomic E-state index is -4.76. The minimum Gasteiger partial charge on any atom is -0.257 e. The van der Waals surface area contributed by atoms with E-state index in [-0.39, 0.29) is 10.6 Å². The van der Waals surface area contributed by atoms with Crippen LogP contribution in [0.1, 0.15) is 5.56 Å². The van der Waals surface area contributed by atoms with Crippen molar-refractivity contribution in [3.63, 3.8) is 0 Å². The molecular formula is C9H5ClF3NO3S. The molecule has 1 aromatic carbocycles. The Labute approximate surface area is 106 Å². The van der Waals surface area contributed by atoms with Crippen LogP contribution in [0.25, 0.3) is 0 Å². The standard InChI is InChI=1S/C9H5ClF3NO3S/c10-8-3-7(2-1-6(8)4-14)18(15,16)17-5-9(11,12)13/h1-3H,5H2. The van der Waals surface area contributed by atoms with E-state index < -0.39 is 27.8 Å². The summed E-state index contributed by atoms with van der Waals surface area (Å²) in [7, 11) is -4.55. The molecule has 0 unspecified atom stereocenters. The molecule has 1 aromatic rings. The van der Waals surface area contributed by atoms with E-state index in [2.05, 4.69) is 4.18 Å². The molecule has 4 nitrogen and oxygen atoms in total. The zero-order chi connectivity index (χ0) is 14.0. The summed E-state index contributed by atoms with van der Waals surface area (Å²) in [5.41, 5.74) is 0.00596. The summed E-state index contributed by atoms with van der Waals surface area (Å²) < 4.78 is 62.1. The third kappa shape index (κ3) is 3.87. The summed E-state index contributed by atoms with van der Waals surface area (Å²) in [6.45, 7) is -1.92. The lowest BCUT2D eigenvalue weighted by Crippen LogP contribution is -2.20. The van der Waals surface area contributed by atoms with Gasteiger partial charge in [0.2, 0.25) is 0 Å². The molecule has 98 valence electrons. The van der Waals surface area contributed by atoms with Crippen molar-refractivity contribution in [2.75, 3.05) is 6.61 Å². The highest BCUT2D eigenvalue weighted by Gasteiger charge is 2.31. The van der Waals surface area contributed by atoms with E-state index in [1.54, 1.807) is 6.07 Å². The van der Waals surface area contributed by atoms with Gasteiger partial charge in [-0.15, -0.1) is 0 Å². The van der Waals surface area contributed by atoms with Crippen LogP contribution in [-0.4, -0.2) is 21.2 Å². The summed E-state index contributed by atoms with van der Waals surface area (Å²) in [4.78, 5) is -0.546. The van der Waals surface area contributed by atoms with Crippen molar-refractivity contribution in [3.05, 3.63) is 28.8 Å². The Morgan fingerprint density at radius 2 is 2.00 bits per heavy atom. The predicted molar refractivity (Wildman–Crippen MR) is 55.4 cm³/mol. The molecule has 0 aromatic heterocycles. The van der Waals surface area contributed by atoms with Gasteiger partial charge in [0, 0.05) is 0 Å². The Kier molecular flexibility index (Phi) is 4.21. The van der Waals surface area contributed by atoms with Gasteiger partial charge in [-0.3, -0.25) is 4.18 Å². The van der Waals surface area contributed by atoms with Gasteiger partial charge in [0.25, 0.3) is 10.1 Å². The van der Waals surface area contributed by atoms with Gasteiger partial charge in [-0.1, -0.05) is 11.6 Å². The summed E-state index contributed by atoms with van der Waals surface area (Å²) >= 11 is 5.56. The fourth-order valence-electron chi connectivity index (χ4n) is 0.954. The van der Waals surface area contributed by atoms with Crippen LogP contribution >= 0.6 is 11.6 Å². The van der Waals surface area contributed by atoms with Gasteiger partial charge in [-0.25, -0.2) is 0 Å². The Hall–Kier alpha value is -1.30. The smallest absolute Gasteiger partial charge is 0.257 e. The average Bonchev–Trinajstić information content (AvgIpc) is 2.25. The zero-order valence-corrected chi connectivity index (χ0v) is 10.1. The Balaban J connectivity index is 3.00. The van der Waals surface area contributed by atoms with Crippen LogP contribution in [0.5, 0.6) is 0 Å². The molecule has 0 aliphatic heterocycles. The summed E-state index contributed by atoms with van der Waals surface area (Å²) in [5, 5.41) is 8.37. The van der Waals surface area contributed by atoms with Crippen molar-refractivity contribution in [2.24, 2.45) is 0 Å². The fourth-order valence-corrected chi connectivity index (χ4v) is 2.16. The van der Waals surface area contributed by atoms with E-state index in [1.165, 1.54) is 0 Å². The van der Waals surface area contributed by atoms with Gasteiger partial charge in [0.1, 0.15) is 6.07 Å². The molecule has 0 saturated heterocycles. The molecule has 0 atom stereocenters. The van der Waals surface area contributed by atoms with Crippen molar-refractivity contribution in [1.82, 2.24) is 0 Å². The van der Waals surface area contributed by atoms with Gasteiger partial charge in [0.15, 0.2) is 6.61 Å². The van der Waals surface area contributed by atoms with E-state index in [0.717, 1.165) is 18.2 Å². The van der Waals surface area contributed by atoms with Crippen molar-refractivity contribution in [2.45, 2.75) is 11.1 Å². The number of hydrogen-bond donors (Lipinski definition) is 0. The quantitative estimate of drug-likeness (QED) is 0.804. The number of rotatable bonds is 3. The molecular weight excluding hydrogens is 295 g/mol. The van der Waals surface area contributed by atoms with Crippen LogP contribution in [0.4, 0.5) is 13.2 Å². The Morgan fingerprint density at radius 1 is 1.39 bits per heavy atom.